The van der Waals surface area contributed by atoms with Crippen molar-refractivity contribution in [3.8, 4) is 5.75 Å². The predicted molar refractivity (Wildman–Crippen MR) is 120 cm³/mol. The number of fused-ring (bicyclic) bond motifs is 1. The Morgan fingerprint density at radius 1 is 1.25 bits per heavy atom. The first kappa shape index (κ1) is 21.7. The molecule has 0 bridgehead atoms. The molecule has 0 radical (unpaired) electrons. The lowest BCUT2D eigenvalue weighted by Crippen LogP contribution is -2.39. The number of rotatable bonds is 5. The van der Waals surface area contributed by atoms with Gasteiger partial charge in [-0.25, -0.2) is 14.2 Å². The van der Waals surface area contributed by atoms with Crippen molar-refractivity contribution in [2.75, 3.05) is 13.7 Å². The maximum absolute atomic E-state index is 13.6. The summed E-state index contributed by atoms with van der Waals surface area (Å²) in [4.78, 5) is 31.3. The van der Waals surface area contributed by atoms with E-state index in [2.05, 4.69) is 4.99 Å². The van der Waals surface area contributed by atoms with Gasteiger partial charge in [-0.15, -0.1) is 0 Å². The maximum atomic E-state index is 13.6. The zero-order valence-corrected chi connectivity index (χ0v) is 18.6. The number of esters is 1. The number of hydrogen-bond donors (Lipinski definition) is 0. The van der Waals surface area contributed by atoms with E-state index in [1.165, 1.54) is 28.0 Å². The van der Waals surface area contributed by atoms with E-state index >= 15 is 0 Å². The lowest BCUT2D eigenvalue weighted by Gasteiger charge is -2.25. The molecule has 0 saturated heterocycles. The highest BCUT2D eigenvalue weighted by atomic mass is 32.1. The van der Waals surface area contributed by atoms with Gasteiger partial charge in [0.2, 0.25) is 0 Å². The standard InChI is InChI=1S/C24H21FN2O4S/c1-4-31-23(29)20-14(2)26-24-27(21(20)16-8-6-10-18(13-16)30-3)22(28)19(32-24)12-15-7-5-9-17(25)11-15/h5-13,21H,4H2,1-3H3/b19-12+/t21-/m1/s1. The van der Waals surface area contributed by atoms with Crippen molar-refractivity contribution in [1.82, 2.24) is 4.57 Å². The molecule has 0 aliphatic carbocycles. The summed E-state index contributed by atoms with van der Waals surface area (Å²) in [6, 6.07) is 12.5. The zero-order valence-electron chi connectivity index (χ0n) is 17.8. The molecule has 0 N–H and O–H groups in total. The Balaban J connectivity index is 1.97. The Bertz CT molecular complexity index is 1400. The van der Waals surface area contributed by atoms with Crippen LogP contribution in [0.1, 0.15) is 31.0 Å². The van der Waals surface area contributed by atoms with Crippen LogP contribution in [0.2, 0.25) is 0 Å². The summed E-state index contributed by atoms with van der Waals surface area (Å²) in [5.74, 6) is -0.315. The molecule has 1 atom stereocenters. The molecule has 164 valence electrons. The monoisotopic (exact) mass is 452 g/mol. The van der Waals surface area contributed by atoms with Crippen LogP contribution < -0.4 is 19.6 Å². The topological polar surface area (TPSA) is 69.9 Å². The number of benzene rings is 2. The summed E-state index contributed by atoms with van der Waals surface area (Å²) >= 11 is 1.19. The Kier molecular flexibility index (Phi) is 6.05. The van der Waals surface area contributed by atoms with Crippen LogP contribution in [-0.2, 0) is 9.53 Å². The fourth-order valence-electron chi connectivity index (χ4n) is 3.67. The molecule has 0 fully saturated rings. The first-order valence-corrected chi connectivity index (χ1v) is 10.8. The van der Waals surface area contributed by atoms with Crippen molar-refractivity contribution in [1.29, 1.82) is 0 Å². The van der Waals surface area contributed by atoms with Crippen LogP contribution in [0.15, 0.2) is 69.6 Å². The number of allylic oxidation sites excluding steroid dienone is 1. The average Bonchev–Trinajstić information content (AvgIpc) is 3.07. The Morgan fingerprint density at radius 2 is 2.03 bits per heavy atom. The van der Waals surface area contributed by atoms with E-state index in [-0.39, 0.29) is 18.0 Å². The normalized spacial score (nSPS) is 15.9. The molecular weight excluding hydrogens is 431 g/mol. The minimum absolute atomic E-state index is 0.199. The average molecular weight is 453 g/mol. The van der Waals surface area contributed by atoms with Gasteiger partial charge in [0.15, 0.2) is 4.80 Å². The SMILES string of the molecule is CCOC(=O)C1=C(C)N=c2s/c(=C/c3cccc(F)c3)c(=O)n2[C@@H]1c1cccc(OC)c1. The molecule has 8 heteroatoms. The van der Waals surface area contributed by atoms with Crippen LogP contribution in [-0.4, -0.2) is 24.3 Å². The molecule has 0 unspecified atom stereocenters. The molecule has 32 heavy (non-hydrogen) atoms. The third-order valence-corrected chi connectivity index (χ3v) is 6.06. The van der Waals surface area contributed by atoms with Gasteiger partial charge < -0.3 is 9.47 Å². The summed E-state index contributed by atoms with van der Waals surface area (Å²) in [7, 11) is 1.55. The highest BCUT2D eigenvalue weighted by molar-refractivity contribution is 7.07. The summed E-state index contributed by atoms with van der Waals surface area (Å²) in [6.45, 7) is 3.65. The molecule has 0 spiro atoms. The smallest absolute Gasteiger partial charge is 0.338 e. The summed E-state index contributed by atoms with van der Waals surface area (Å²) < 4.78 is 26.1. The minimum atomic E-state index is -0.727. The second-order valence-corrected chi connectivity index (χ2v) is 8.14. The molecule has 2 heterocycles. The van der Waals surface area contributed by atoms with Gasteiger partial charge in [0, 0.05) is 0 Å². The number of aromatic nitrogens is 1. The van der Waals surface area contributed by atoms with E-state index in [1.54, 1.807) is 57.4 Å². The van der Waals surface area contributed by atoms with E-state index in [0.717, 1.165) is 0 Å². The largest absolute Gasteiger partial charge is 0.497 e. The maximum Gasteiger partial charge on any atom is 0.338 e. The second kappa shape index (κ2) is 8.92. The number of thiazole rings is 1. The van der Waals surface area contributed by atoms with Crippen LogP contribution in [0.4, 0.5) is 4.39 Å². The number of ether oxygens (including phenoxy) is 2. The van der Waals surface area contributed by atoms with Gasteiger partial charge in [-0.2, -0.15) is 0 Å². The van der Waals surface area contributed by atoms with E-state index < -0.39 is 12.0 Å². The van der Waals surface area contributed by atoms with Gasteiger partial charge in [0.05, 0.1) is 35.6 Å². The minimum Gasteiger partial charge on any atom is -0.497 e. The molecule has 4 rings (SSSR count). The number of carbonyl (C=O) groups is 1. The Morgan fingerprint density at radius 3 is 2.75 bits per heavy atom. The summed E-state index contributed by atoms with van der Waals surface area (Å²) in [5, 5.41) is 0. The van der Waals surface area contributed by atoms with E-state index in [4.69, 9.17) is 9.47 Å². The van der Waals surface area contributed by atoms with Crippen molar-refractivity contribution in [2.24, 2.45) is 4.99 Å². The first-order valence-electron chi connectivity index (χ1n) is 10.0. The number of methoxy groups -OCH3 is 1. The van der Waals surface area contributed by atoms with Gasteiger partial charge in [-0.05, 0) is 55.3 Å². The van der Waals surface area contributed by atoms with E-state index in [9.17, 15) is 14.0 Å². The van der Waals surface area contributed by atoms with Gasteiger partial charge in [-0.1, -0.05) is 35.6 Å². The number of halogens is 1. The molecule has 1 aromatic heterocycles. The number of nitrogens with zero attached hydrogens (tertiary/aromatic N) is 2. The van der Waals surface area contributed by atoms with E-state index in [0.29, 0.717) is 37.5 Å². The molecular formula is C24H21FN2O4S. The van der Waals surface area contributed by atoms with Crippen molar-refractivity contribution < 1.29 is 18.7 Å². The fraction of sp³-hybridized carbons (Fsp3) is 0.208. The molecule has 1 aliphatic rings. The van der Waals surface area contributed by atoms with Gasteiger partial charge in [0.25, 0.3) is 5.56 Å². The number of carbonyl (C=O) groups excluding carboxylic acids is 1. The van der Waals surface area contributed by atoms with Gasteiger partial charge in [0.1, 0.15) is 11.6 Å². The zero-order chi connectivity index (χ0) is 22.8. The van der Waals surface area contributed by atoms with Crippen LogP contribution in [0, 0.1) is 5.82 Å². The molecule has 0 saturated carbocycles. The highest BCUT2D eigenvalue weighted by Crippen LogP contribution is 2.32. The second-order valence-electron chi connectivity index (χ2n) is 7.13. The Hall–Kier alpha value is -3.52. The first-order chi connectivity index (χ1) is 15.4. The third-order valence-electron chi connectivity index (χ3n) is 5.07. The lowest BCUT2D eigenvalue weighted by atomic mass is 9.95. The summed E-state index contributed by atoms with van der Waals surface area (Å²) in [5.41, 5.74) is 1.72. The van der Waals surface area contributed by atoms with Gasteiger partial charge in [-0.3, -0.25) is 9.36 Å². The predicted octanol–water partition coefficient (Wildman–Crippen LogP) is 2.95. The Labute approximate surface area is 187 Å². The van der Waals surface area contributed by atoms with Crippen molar-refractivity contribution >= 4 is 23.4 Å². The molecule has 6 nitrogen and oxygen atoms in total. The van der Waals surface area contributed by atoms with Crippen LogP contribution >= 0.6 is 11.3 Å². The fourth-order valence-corrected chi connectivity index (χ4v) is 4.71. The quantitative estimate of drug-likeness (QED) is 0.558. The van der Waals surface area contributed by atoms with Crippen LogP contribution in [0.3, 0.4) is 0 Å². The molecule has 3 aromatic rings. The number of hydrogen-bond acceptors (Lipinski definition) is 6. The van der Waals surface area contributed by atoms with Crippen LogP contribution in [0.5, 0.6) is 5.75 Å². The third kappa shape index (κ3) is 4.01. The highest BCUT2D eigenvalue weighted by Gasteiger charge is 2.33. The van der Waals surface area contributed by atoms with Crippen molar-refractivity contribution in [3.05, 3.63) is 96.4 Å². The van der Waals surface area contributed by atoms with Crippen molar-refractivity contribution in [3.63, 3.8) is 0 Å². The lowest BCUT2D eigenvalue weighted by molar-refractivity contribution is -0.139. The molecule has 1 aliphatic heterocycles. The molecule has 0 amide bonds. The van der Waals surface area contributed by atoms with Crippen LogP contribution in [0.25, 0.3) is 6.08 Å². The van der Waals surface area contributed by atoms with E-state index in [1.807, 2.05) is 6.07 Å². The van der Waals surface area contributed by atoms with Crippen molar-refractivity contribution in [2.45, 2.75) is 19.9 Å². The summed E-state index contributed by atoms with van der Waals surface area (Å²) in [6.07, 6.45) is 1.62. The van der Waals surface area contributed by atoms with Gasteiger partial charge >= 0.3 is 5.97 Å². The molecule has 2 aromatic carbocycles.